The summed E-state index contributed by atoms with van der Waals surface area (Å²) in [7, 11) is 0. The van der Waals surface area contributed by atoms with Gasteiger partial charge in [0.1, 0.15) is 17.8 Å². The van der Waals surface area contributed by atoms with Gasteiger partial charge in [-0.25, -0.2) is 4.79 Å². The lowest BCUT2D eigenvalue weighted by molar-refractivity contribution is -0.149. The molecule has 1 fully saturated rings. The van der Waals surface area contributed by atoms with Crippen LogP contribution in [0.25, 0.3) is 0 Å². The maximum absolute atomic E-state index is 13.2. The fraction of sp³-hybridized carbons (Fsp3) is 0.348. The van der Waals surface area contributed by atoms with Crippen molar-refractivity contribution in [2.45, 2.75) is 43.8 Å². The van der Waals surface area contributed by atoms with Gasteiger partial charge in [-0.1, -0.05) is 42.5 Å². The van der Waals surface area contributed by atoms with Crippen LogP contribution in [0.4, 0.5) is 0 Å². The Balaban J connectivity index is 1.73. The average Bonchev–Trinajstić information content (AvgIpc) is 3.25. The van der Waals surface area contributed by atoms with E-state index in [-0.39, 0.29) is 18.6 Å². The number of aromatic hydroxyl groups is 1. The number of aliphatic carboxylic acids is 1. The van der Waals surface area contributed by atoms with Crippen molar-refractivity contribution in [3.05, 3.63) is 65.7 Å². The molecule has 0 spiro atoms. The van der Waals surface area contributed by atoms with Crippen molar-refractivity contribution < 1.29 is 24.6 Å². The highest BCUT2D eigenvalue weighted by molar-refractivity contribution is 5.92. The van der Waals surface area contributed by atoms with Crippen molar-refractivity contribution in [2.75, 3.05) is 6.54 Å². The monoisotopic (exact) mass is 425 g/mol. The Bertz CT molecular complexity index is 917. The molecule has 0 aliphatic carbocycles. The molecule has 164 valence electrons. The molecular formula is C23H27N3O5. The lowest BCUT2D eigenvalue weighted by atomic mass is 10.0. The van der Waals surface area contributed by atoms with Crippen molar-refractivity contribution in [1.29, 1.82) is 0 Å². The lowest BCUT2D eigenvalue weighted by Crippen LogP contribution is -2.55. The number of carbonyl (C=O) groups is 3. The molecule has 2 aromatic carbocycles. The van der Waals surface area contributed by atoms with E-state index in [2.05, 4.69) is 5.32 Å². The number of benzene rings is 2. The minimum Gasteiger partial charge on any atom is -0.508 e. The van der Waals surface area contributed by atoms with Gasteiger partial charge < -0.3 is 26.2 Å². The maximum Gasteiger partial charge on any atom is 0.326 e. The summed E-state index contributed by atoms with van der Waals surface area (Å²) in [4.78, 5) is 38.8. The molecule has 8 heteroatoms. The Morgan fingerprint density at radius 3 is 2.32 bits per heavy atom. The van der Waals surface area contributed by atoms with Crippen LogP contribution >= 0.6 is 0 Å². The highest BCUT2D eigenvalue weighted by Crippen LogP contribution is 2.20. The molecule has 0 saturated carbocycles. The number of carboxylic acids is 1. The van der Waals surface area contributed by atoms with Crippen LogP contribution in [-0.4, -0.2) is 57.6 Å². The summed E-state index contributed by atoms with van der Waals surface area (Å²) in [5, 5.41) is 21.6. The third-order valence-electron chi connectivity index (χ3n) is 5.45. The lowest BCUT2D eigenvalue weighted by Gasteiger charge is -2.28. The van der Waals surface area contributed by atoms with Crippen LogP contribution in [0.5, 0.6) is 5.75 Å². The molecule has 2 amide bonds. The fourth-order valence-electron chi connectivity index (χ4n) is 3.79. The van der Waals surface area contributed by atoms with E-state index in [0.29, 0.717) is 19.4 Å². The van der Waals surface area contributed by atoms with Crippen molar-refractivity contribution in [2.24, 2.45) is 5.73 Å². The molecule has 0 aromatic heterocycles. The standard InChI is InChI=1S/C23H27N3O5/c24-18(13-16-8-10-17(27)11-9-16)21(28)25-19(14-15-5-2-1-3-6-15)22(29)26-12-4-7-20(26)23(30)31/h1-3,5-6,8-11,18-20,27H,4,7,12-14,24H2,(H,25,28)(H,30,31)/t18-,19-,20-/m0/s1. The van der Waals surface area contributed by atoms with Gasteiger partial charge in [-0.05, 0) is 42.5 Å². The van der Waals surface area contributed by atoms with Crippen molar-refractivity contribution in [3.8, 4) is 5.75 Å². The maximum atomic E-state index is 13.2. The SMILES string of the molecule is N[C@@H](Cc1ccc(O)cc1)C(=O)N[C@@H](Cc1ccccc1)C(=O)N1CCC[C@H]1C(=O)O. The van der Waals surface area contributed by atoms with Crippen LogP contribution in [0.2, 0.25) is 0 Å². The molecule has 31 heavy (non-hydrogen) atoms. The third kappa shape index (κ3) is 5.82. The molecule has 8 nitrogen and oxygen atoms in total. The highest BCUT2D eigenvalue weighted by Gasteiger charge is 2.38. The topological polar surface area (TPSA) is 133 Å². The molecule has 3 atom stereocenters. The van der Waals surface area contributed by atoms with Gasteiger partial charge in [0.2, 0.25) is 11.8 Å². The van der Waals surface area contributed by atoms with Gasteiger partial charge in [-0.3, -0.25) is 9.59 Å². The molecule has 0 unspecified atom stereocenters. The second kappa shape index (κ2) is 10.1. The quantitative estimate of drug-likeness (QED) is 0.500. The molecule has 1 aliphatic rings. The minimum atomic E-state index is -1.04. The molecular weight excluding hydrogens is 398 g/mol. The van der Waals surface area contributed by atoms with E-state index in [1.165, 1.54) is 17.0 Å². The van der Waals surface area contributed by atoms with Gasteiger partial charge in [0.25, 0.3) is 0 Å². The largest absolute Gasteiger partial charge is 0.508 e. The van der Waals surface area contributed by atoms with Gasteiger partial charge in [0.15, 0.2) is 0 Å². The van der Waals surface area contributed by atoms with E-state index < -0.39 is 35.9 Å². The predicted molar refractivity (Wildman–Crippen MR) is 114 cm³/mol. The van der Waals surface area contributed by atoms with Gasteiger partial charge in [0.05, 0.1) is 6.04 Å². The molecule has 1 saturated heterocycles. The number of rotatable bonds is 8. The number of nitrogens with two attached hydrogens (primary N) is 1. The number of hydrogen-bond acceptors (Lipinski definition) is 5. The summed E-state index contributed by atoms with van der Waals surface area (Å²) in [6.45, 7) is 0.344. The number of nitrogens with one attached hydrogen (secondary N) is 1. The smallest absolute Gasteiger partial charge is 0.326 e. The first kappa shape index (κ1) is 22.3. The highest BCUT2D eigenvalue weighted by atomic mass is 16.4. The van der Waals surface area contributed by atoms with E-state index in [4.69, 9.17) is 5.73 Å². The van der Waals surface area contributed by atoms with E-state index in [9.17, 15) is 24.6 Å². The number of carbonyl (C=O) groups excluding carboxylic acids is 2. The zero-order valence-corrected chi connectivity index (χ0v) is 17.1. The van der Waals surface area contributed by atoms with Crippen LogP contribution < -0.4 is 11.1 Å². The average molecular weight is 425 g/mol. The van der Waals surface area contributed by atoms with Crippen LogP contribution in [0.1, 0.15) is 24.0 Å². The minimum absolute atomic E-state index is 0.119. The first-order valence-electron chi connectivity index (χ1n) is 10.3. The van der Waals surface area contributed by atoms with Gasteiger partial charge >= 0.3 is 5.97 Å². The second-order valence-electron chi connectivity index (χ2n) is 7.76. The zero-order chi connectivity index (χ0) is 22.4. The molecule has 1 aliphatic heterocycles. The molecule has 1 heterocycles. The van der Waals surface area contributed by atoms with E-state index in [1.54, 1.807) is 12.1 Å². The molecule has 0 radical (unpaired) electrons. The Kier molecular flexibility index (Phi) is 7.25. The van der Waals surface area contributed by atoms with Gasteiger partial charge in [-0.2, -0.15) is 0 Å². The third-order valence-corrected chi connectivity index (χ3v) is 5.45. The van der Waals surface area contributed by atoms with Crippen LogP contribution in [0.3, 0.4) is 0 Å². The normalized spacial score (nSPS) is 17.7. The van der Waals surface area contributed by atoms with Crippen molar-refractivity contribution >= 4 is 17.8 Å². The number of phenols is 1. The molecule has 3 rings (SSSR count). The number of nitrogens with zero attached hydrogens (tertiary/aromatic N) is 1. The summed E-state index contributed by atoms with van der Waals surface area (Å²) < 4.78 is 0. The van der Waals surface area contributed by atoms with Crippen LogP contribution in [0.15, 0.2) is 54.6 Å². The molecule has 5 N–H and O–H groups in total. The molecule has 2 aromatic rings. The van der Waals surface area contributed by atoms with E-state index in [0.717, 1.165) is 11.1 Å². The summed E-state index contributed by atoms with van der Waals surface area (Å²) >= 11 is 0. The summed E-state index contributed by atoms with van der Waals surface area (Å²) in [6.07, 6.45) is 1.47. The Morgan fingerprint density at radius 1 is 1.03 bits per heavy atom. The Morgan fingerprint density at radius 2 is 1.68 bits per heavy atom. The van der Waals surface area contributed by atoms with Gasteiger partial charge in [-0.15, -0.1) is 0 Å². The van der Waals surface area contributed by atoms with Crippen LogP contribution in [-0.2, 0) is 27.2 Å². The summed E-state index contributed by atoms with van der Waals surface area (Å²) in [5.74, 6) is -1.83. The van der Waals surface area contributed by atoms with E-state index >= 15 is 0 Å². The molecule has 0 bridgehead atoms. The second-order valence-corrected chi connectivity index (χ2v) is 7.76. The Hall–Kier alpha value is -3.39. The zero-order valence-electron chi connectivity index (χ0n) is 17.1. The number of phenolic OH excluding ortho intramolecular Hbond substituents is 1. The number of hydrogen-bond donors (Lipinski definition) is 4. The Labute approximate surface area is 180 Å². The first-order chi connectivity index (χ1) is 14.8. The number of amides is 2. The predicted octanol–water partition coefficient (Wildman–Crippen LogP) is 1.07. The summed E-state index contributed by atoms with van der Waals surface area (Å²) in [5.41, 5.74) is 7.69. The van der Waals surface area contributed by atoms with Gasteiger partial charge in [0, 0.05) is 13.0 Å². The number of likely N-dealkylation sites (tertiary alicyclic amines) is 1. The van der Waals surface area contributed by atoms with E-state index in [1.807, 2.05) is 30.3 Å². The first-order valence-corrected chi connectivity index (χ1v) is 10.3. The van der Waals surface area contributed by atoms with Crippen LogP contribution in [0, 0.1) is 0 Å². The fourth-order valence-corrected chi connectivity index (χ4v) is 3.79. The summed E-state index contributed by atoms with van der Waals surface area (Å²) in [6, 6.07) is 12.9. The number of carboxylic acid groups (broad SMARTS) is 1. The van der Waals surface area contributed by atoms with Crippen molar-refractivity contribution in [1.82, 2.24) is 10.2 Å². The van der Waals surface area contributed by atoms with Crippen molar-refractivity contribution in [3.63, 3.8) is 0 Å².